The van der Waals surface area contributed by atoms with Gasteiger partial charge in [0.15, 0.2) is 11.6 Å². The van der Waals surface area contributed by atoms with Gasteiger partial charge in [0, 0.05) is 33.4 Å². The molecule has 2 nitrogen and oxygen atoms in total. The number of carbonyl (C=O) groups is 2. The highest BCUT2D eigenvalue weighted by Crippen LogP contribution is 2.50. The fourth-order valence-electron chi connectivity index (χ4n) is 7.19. The third-order valence-corrected chi connectivity index (χ3v) is 8.97. The zero-order valence-corrected chi connectivity index (χ0v) is 22.5. The topological polar surface area (TPSA) is 34.1 Å². The van der Waals surface area contributed by atoms with Gasteiger partial charge in [0.2, 0.25) is 0 Å². The summed E-state index contributed by atoms with van der Waals surface area (Å²) in [5.41, 5.74) is 10.7. The van der Waals surface area contributed by atoms with Crippen molar-refractivity contribution in [1.29, 1.82) is 0 Å². The van der Waals surface area contributed by atoms with Gasteiger partial charge in [-0.25, -0.2) is 0 Å². The molecule has 0 N–H and O–H groups in total. The molecule has 2 aliphatic carbocycles. The van der Waals surface area contributed by atoms with Gasteiger partial charge in [0.25, 0.3) is 0 Å². The maximum absolute atomic E-state index is 14.5. The van der Waals surface area contributed by atoms with Gasteiger partial charge < -0.3 is 0 Å². The van der Waals surface area contributed by atoms with Gasteiger partial charge in [-0.1, -0.05) is 121 Å². The molecule has 7 aromatic carbocycles. The van der Waals surface area contributed by atoms with E-state index in [1.165, 1.54) is 0 Å². The first-order valence-electron chi connectivity index (χ1n) is 14.2. The zero-order chi connectivity index (χ0) is 27.9. The van der Waals surface area contributed by atoms with Crippen LogP contribution in [0, 0.1) is 0 Å². The van der Waals surface area contributed by atoms with Gasteiger partial charge in [0.05, 0.1) is 0 Å². The molecule has 2 heteroatoms. The van der Waals surface area contributed by atoms with E-state index < -0.39 is 0 Å². The highest BCUT2D eigenvalue weighted by atomic mass is 16.1. The first-order chi connectivity index (χ1) is 20.7. The molecule has 0 heterocycles. The van der Waals surface area contributed by atoms with Gasteiger partial charge in [-0.3, -0.25) is 9.59 Å². The molecule has 0 aromatic heterocycles. The first kappa shape index (κ1) is 23.1. The molecule has 194 valence electrons. The molecular formula is C40H22O2. The fraction of sp³-hybridized carbons (Fsp3) is 0. The quantitative estimate of drug-likeness (QED) is 0.211. The Hall–Kier alpha value is -5.60. The Morgan fingerprint density at radius 1 is 0.310 bits per heavy atom. The number of benzene rings is 7. The monoisotopic (exact) mass is 534 g/mol. The molecule has 0 aliphatic heterocycles. The standard InChI is InChI=1S/C40H22O2/c41-39(33-21-19-23-9-7-17-27-25-11-1-3-13-29(25)37(33)35(23)27)31-15-5-6-16-32(31)40(42)34-22-20-24-10-8-18-28-26-12-2-4-14-30(26)38(34)36(24)28/h1-22H. The second kappa shape index (κ2) is 8.45. The Bertz CT molecular complexity index is 2170. The molecule has 0 radical (unpaired) electrons. The normalized spacial score (nSPS) is 12.0. The molecule has 0 spiro atoms. The van der Waals surface area contributed by atoms with Crippen LogP contribution in [0.25, 0.3) is 66.1 Å². The predicted molar refractivity (Wildman–Crippen MR) is 170 cm³/mol. The summed E-state index contributed by atoms with van der Waals surface area (Å²) in [6, 6.07) is 44.2. The lowest BCUT2D eigenvalue weighted by molar-refractivity contribution is 0.100. The van der Waals surface area contributed by atoms with E-state index in [-0.39, 0.29) is 11.6 Å². The van der Waals surface area contributed by atoms with E-state index in [2.05, 4.69) is 60.7 Å². The van der Waals surface area contributed by atoms with Crippen LogP contribution in [0.15, 0.2) is 133 Å². The number of rotatable bonds is 4. The largest absolute Gasteiger partial charge is 0.289 e. The van der Waals surface area contributed by atoms with Crippen molar-refractivity contribution in [1.82, 2.24) is 0 Å². The highest BCUT2D eigenvalue weighted by Gasteiger charge is 2.30. The molecule has 42 heavy (non-hydrogen) atoms. The minimum Gasteiger partial charge on any atom is -0.289 e. The van der Waals surface area contributed by atoms with E-state index in [1.54, 1.807) is 12.1 Å². The van der Waals surface area contributed by atoms with Crippen molar-refractivity contribution in [3.8, 4) is 44.5 Å². The SMILES string of the molecule is O=C(c1ccccc1C(=O)c1ccc2cccc3c2c1-c1ccccc1-3)c1ccc2cccc3c2c1-c1ccccc1-3. The maximum Gasteiger partial charge on any atom is 0.194 e. The van der Waals surface area contributed by atoms with E-state index >= 15 is 0 Å². The number of fused-ring (bicyclic) bond motifs is 6. The minimum absolute atomic E-state index is 0.138. The maximum atomic E-state index is 14.5. The third-order valence-electron chi connectivity index (χ3n) is 8.97. The summed E-state index contributed by atoms with van der Waals surface area (Å²) in [6.45, 7) is 0. The van der Waals surface area contributed by atoms with Crippen molar-refractivity contribution in [2.24, 2.45) is 0 Å². The molecule has 0 bridgehead atoms. The number of hydrogen-bond acceptors (Lipinski definition) is 2. The Kier molecular flexibility index (Phi) is 4.66. The van der Waals surface area contributed by atoms with Crippen molar-refractivity contribution in [2.45, 2.75) is 0 Å². The van der Waals surface area contributed by atoms with Crippen molar-refractivity contribution in [2.75, 3.05) is 0 Å². The molecule has 0 amide bonds. The molecule has 0 saturated carbocycles. The summed E-state index contributed by atoms with van der Waals surface area (Å²) in [6.07, 6.45) is 0. The van der Waals surface area contributed by atoms with Crippen LogP contribution < -0.4 is 0 Å². The summed E-state index contributed by atoms with van der Waals surface area (Å²) in [7, 11) is 0. The van der Waals surface area contributed by atoms with Crippen molar-refractivity contribution in [3.05, 3.63) is 156 Å². The molecule has 9 rings (SSSR count). The summed E-state index contributed by atoms with van der Waals surface area (Å²) >= 11 is 0. The van der Waals surface area contributed by atoms with Crippen LogP contribution in [0.1, 0.15) is 31.8 Å². The van der Waals surface area contributed by atoms with E-state index in [1.807, 2.05) is 60.7 Å². The van der Waals surface area contributed by atoms with Crippen molar-refractivity contribution < 1.29 is 9.59 Å². The fourth-order valence-corrected chi connectivity index (χ4v) is 7.19. The molecule has 0 unspecified atom stereocenters. The van der Waals surface area contributed by atoms with Gasteiger partial charge in [0.1, 0.15) is 0 Å². The summed E-state index contributed by atoms with van der Waals surface area (Å²) in [4.78, 5) is 29.0. The van der Waals surface area contributed by atoms with Crippen LogP contribution >= 0.6 is 0 Å². The average Bonchev–Trinajstić information content (AvgIpc) is 3.57. The van der Waals surface area contributed by atoms with E-state index in [0.29, 0.717) is 22.3 Å². The smallest absolute Gasteiger partial charge is 0.194 e. The van der Waals surface area contributed by atoms with Gasteiger partial charge >= 0.3 is 0 Å². The second-order valence-electron chi connectivity index (χ2n) is 11.1. The van der Waals surface area contributed by atoms with Crippen molar-refractivity contribution in [3.63, 3.8) is 0 Å². The van der Waals surface area contributed by atoms with E-state index in [0.717, 1.165) is 66.1 Å². The molecule has 2 aliphatic rings. The van der Waals surface area contributed by atoms with Crippen LogP contribution in [0.2, 0.25) is 0 Å². The number of hydrogen-bond donors (Lipinski definition) is 0. The lowest BCUT2D eigenvalue weighted by Crippen LogP contribution is -2.12. The van der Waals surface area contributed by atoms with Gasteiger partial charge in [-0.05, 0) is 67.1 Å². The number of ketones is 2. The Balaban J connectivity index is 1.24. The van der Waals surface area contributed by atoms with E-state index in [4.69, 9.17) is 0 Å². The zero-order valence-electron chi connectivity index (χ0n) is 22.5. The lowest BCUT2D eigenvalue weighted by Gasteiger charge is -2.14. The lowest BCUT2D eigenvalue weighted by atomic mass is 9.87. The van der Waals surface area contributed by atoms with Crippen LogP contribution in [-0.4, -0.2) is 11.6 Å². The van der Waals surface area contributed by atoms with Crippen LogP contribution in [0.5, 0.6) is 0 Å². The second-order valence-corrected chi connectivity index (χ2v) is 11.1. The average molecular weight is 535 g/mol. The Labute approximate surface area is 242 Å². The molecule has 0 atom stereocenters. The third kappa shape index (κ3) is 2.98. The van der Waals surface area contributed by atoms with Crippen LogP contribution in [0.3, 0.4) is 0 Å². The number of carbonyl (C=O) groups excluding carboxylic acids is 2. The van der Waals surface area contributed by atoms with Crippen LogP contribution in [-0.2, 0) is 0 Å². The highest BCUT2D eigenvalue weighted by molar-refractivity contribution is 6.29. The van der Waals surface area contributed by atoms with Gasteiger partial charge in [-0.15, -0.1) is 0 Å². The molecule has 0 fully saturated rings. The molecule has 0 saturated heterocycles. The first-order valence-corrected chi connectivity index (χ1v) is 14.2. The summed E-state index contributed by atoms with van der Waals surface area (Å²) in [5.74, 6) is -0.277. The van der Waals surface area contributed by atoms with E-state index in [9.17, 15) is 9.59 Å². The predicted octanol–water partition coefficient (Wildman–Crippen LogP) is 9.75. The van der Waals surface area contributed by atoms with Gasteiger partial charge in [-0.2, -0.15) is 0 Å². The molecular weight excluding hydrogens is 512 g/mol. The van der Waals surface area contributed by atoms with Crippen molar-refractivity contribution >= 4 is 33.1 Å². The summed E-state index contributed by atoms with van der Waals surface area (Å²) < 4.78 is 0. The minimum atomic E-state index is -0.138. The Morgan fingerprint density at radius 2 is 0.690 bits per heavy atom. The Morgan fingerprint density at radius 3 is 1.14 bits per heavy atom. The molecule has 7 aromatic rings. The summed E-state index contributed by atoms with van der Waals surface area (Å²) in [5, 5.41) is 4.40. The van der Waals surface area contributed by atoms with Crippen LogP contribution in [0.4, 0.5) is 0 Å².